The van der Waals surface area contributed by atoms with Crippen LogP contribution in [0.4, 0.5) is 8.78 Å². The lowest BCUT2D eigenvalue weighted by Crippen LogP contribution is -1.91. The fraction of sp³-hybridized carbons (Fsp3) is 0. The van der Waals surface area contributed by atoms with Gasteiger partial charge in [0.1, 0.15) is 0 Å². The first-order valence-corrected chi connectivity index (χ1v) is 3.94. The van der Waals surface area contributed by atoms with Gasteiger partial charge in [-0.2, -0.15) is 0 Å². The van der Waals surface area contributed by atoms with E-state index in [1.165, 1.54) is 0 Å². The summed E-state index contributed by atoms with van der Waals surface area (Å²) in [5.41, 5.74) is -0.269. The zero-order valence-corrected chi connectivity index (χ0v) is 7.55. The maximum atomic E-state index is 13.0. The van der Waals surface area contributed by atoms with Gasteiger partial charge in [-0.1, -0.05) is 11.6 Å². The van der Waals surface area contributed by atoms with Crippen molar-refractivity contribution in [2.75, 3.05) is 0 Å². The molecule has 1 aromatic carbocycles. The van der Waals surface area contributed by atoms with Crippen molar-refractivity contribution in [2.24, 2.45) is 0 Å². The second-order valence-corrected chi connectivity index (χ2v) is 2.84. The number of carboxylic acids is 1. The van der Waals surface area contributed by atoms with Crippen molar-refractivity contribution in [3.05, 3.63) is 40.4 Å². The molecule has 0 spiro atoms. The first-order valence-electron chi connectivity index (χ1n) is 3.57. The SMILES string of the molecule is O=C(O)/C=C/c1c(Cl)ccc(F)c1F. The Morgan fingerprint density at radius 3 is 2.64 bits per heavy atom. The van der Waals surface area contributed by atoms with E-state index in [0.29, 0.717) is 6.08 Å². The quantitative estimate of drug-likeness (QED) is 0.612. The first-order chi connectivity index (χ1) is 6.52. The molecule has 0 aliphatic rings. The van der Waals surface area contributed by atoms with Crippen LogP contribution in [0.15, 0.2) is 18.2 Å². The van der Waals surface area contributed by atoms with Crippen LogP contribution in [0.25, 0.3) is 6.08 Å². The molecule has 14 heavy (non-hydrogen) atoms. The number of carbonyl (C=O) groups is 1. The summed E-state index contributed by atoms with van der Waals surface area (Å²) in [7, 11) is 0. The van der Waals surface area contributed by atoms with Gasteiger partial charge in [-0.3, -0.25) is 0 Å². The summed E-state index contributed by atoms with van der Waals surface area (Å²) in [5.74, 6) is -3.49. The number of hydrogen-bond acceptors (Lipinski definition) is 1. The highest BCUT2D eigenvalue weighted by atomic mass is 35.5. The first kappa shape index (κ1) is 10.7. The highest BCUT2D eigenvalue weighted by Gasteiger charge is 2.09. The Morgan fingerprint density at radius 2 is 2.07 bits per heavy atom. The Kier molecular flexibility index (Phi) is 3.19. The Labute approximate surface area is 83.4 Å². The number of hydrogen-bond donors (Lipinski definition) is 1. The van der Waals surface area contributed by atoms with Gasteiger partial charge in [0, 0.05) is 11.6 Å². The monoisotopic (exact) mass is 218 g/mol. The summed E-state index contributed by atoms with van der Waals surface area (Å²) in [6.45, 7) is 0. The largest absolute Gasteiger partial charge is 0.478 e. The van der Waals surface area contributed by atoms with Crippen LogP contribution in [-0.2, 0) is 4.79 Å². The fourth-order valence-corrected chi connectivity index (χ4v) is 1.06. The number of benzene rings is 1. The lowest BCUT2D eigenvalue weighted by atomic mass is 10.2. The third-order valence-electron chi connectivity index (χ3n) is 1.47. The van der Waals surface area contributed by atoms with Crippen molar-refractivity contribution in [3.8, 4) is 0 Å². The summed E-state index contributed by atoms with van der Waals surface area (Å²) >= 11 is 5.53. The number of carboxylic acid groups (broad SMARTS) is 1. The third-order valence-corrected chi connectivity index (χ3v) is 1.80. The molecule has 0 saturated heterocycles. The predicted octanol–water partition coefficient (Wildman–Crippen LogP) is 2.72. The number of halogens is 3. The summed E-state index contributed by atoms with van der Waals surface area (Å²) in [6.07, 6.45) is 1.59. The van der Waals surface area contributed by atoms with Gasteiger partial charge in [0.25, 0.3) is 0 Å². The molecule has 74 valence electrons. The molecule has 0 aromatic heterocycles. The van der Waals surface area contributed by atoms with Gasteiger partial charge in [-0.05, 0) is 18.2 Å². The van der Waals surface area contributed by atoms with Crippen LogP contribution in [0.1, 0.15) is 5.56 Å². The highest BCUT2D eigenvalue weighted by molar-refractivity contribution is 6.32. The van der Waals surface area contributed by atoms with Crippen molar-refractivity contribution in [2.45, 2.75) is 0 Å². The van der Waals surface area contributed by atoms with E-state index in [0.717, 1.165) is 18.2 Å². The summed E-state index contributed by atoms with van der Waals surface area (Å²) < 4.78 is 25.7. The molecule has 0 amide bonds. The lowest BCUT2D eigenvalue weighted by molar-refractivity contribution is -0.131. The molecule has 0 unspecified atom stereocenters. The normalized spacial score (nSPS) is 10.8. The second kappa shape index (κ2) is 4.19. The van der Waals surface area contributed by atoms with Crippen LogP contribution in [0.3, 0.4) is 0 Å². The molecule has 1 rings (SSSR count). The molecule has 0 aliphatic carbocycles. The average molecular weight is 219 g/mol. The minimum atomic E-state index is -1.26. The van der Waals surface area contributed by atoms with Crippen LogP contribution in [0, 0.1) is 11.6 Å². The van der Waals surface area contributed by atoms with Crippen LogP contribution >= 0.6 is 11.6 Å². The van der Waals surface area contributed by atoms with Crippen molar-refractivity contribution >= 4 is 23.6 Å². The maximum Gasteiger partial charge on any atom is 0.328 e. The van der Waals surface area contributed by atoms with E-state index >= 15 is 0 Å². The van der Waals surface area contributed by atoms with Gasteiger partial charge in [0.2, 0.25) is 0 Å². The Morgan fingerprint density at radius 1 is 1.43 bits per heavy atom. The van der Waals surface area contributed by atoms with E-state index in [-0.39, 0.29) is 10.6 Å². The topological polar surface area (TPSA) is 37.3 Å². The smallest absolute Gasteiger partial charge is 0.328 e. The standard InChI is InChI=1S/C9H5ClF2O2/c10-6-2-3-7(11)9(12)5(6)1-4-8(13)14/h1-4H,(H,13,14)/b4-1+. The molecule has 0 atom stereocenters. The van der Waals surface area contributed by atoms with Gasteiger partial charge in [-0.15, -0.1) is 0 Å². The van der Waals surface area contributed by atoms with Crippen molar-refractivity contribution in [3.63, 3.8) is 0 Å². The molecular weight excluding hydrogens is 214 g/mol. The zero-order chi connectivity index (χ0) is 10.7. The molecule has 2 nitrogen and oxygen atoms in total. The van der Waals surface area contributed by atoms with Crippen LogP contribution in [0.5, 0.6) is 0 Å². The molecule has 0 fully saturated rings. The van der Waals surface area contributed by atoms with Gasteiger partial charge in [0.15, 0.2) is 11.6 Å². The van der Waals surface area contributed by atoms with Crippen molar-refractivity contribution < 1.29 is 18.7 Å². The molecule has 0 aliphatic heterocycles. The molecule has 0 heterocycles. The summed E-state index contributed by atoms with van der Waals surface area (Å²) in [4.78, 5) is 10.1. The average Bonchev–Trinajstić information content (AvgIpc) is 2.11. The van der Waals surface area contributed by atoms with Gasteiger partial charge in [0.05, 0.1) is 5.02 Å². The molecule has 5 heteroatoms. The van der Waals surface area contributed by atoms with E-state index in [1.807, 2.05) is 0 Å². The van der Waals surface area contributed by atoms with Gasteiger partial charge >= 0.3 is 5.97 Å². The fourth-order valence-electron chi connectivity index (χ4n) is 0.850. The van der Waals surface area contributed by atoms with E-state index in [2.05, 4.69) is 0 Å². The van der Waals surface area contributed by atoms with Gasteiger partial charge in [-0.25, -0.2) is 13.6 Å². The molecule has 1 N–H and O–H groups in total. The minimum absolute atomic E-state index is 0.0404. The maximum absolute atomic E-state index is 13.0. The Bertz CT molecular complexity index is 402. The second-order valence-electron chi connectivity index (χ2n) is 2.43. The van der Waals surface area contributed by atoms with Crippen LogP contribution in [0.2, 0.25) is 5.02 Å². The Balaban J connectivity index is 3.19. The van der Waals surface area contributed by atoms with E-state index in [9.17, 15) is 13.6 Å². The molecule has 0 saturated carbocycles. The third kappa shape index (κ3) is 2.29. The number of aliphatic carboxylic acids is 1. The van der Waals surface area contributed by atoms with E-state index < -0.39 is 17.6 Å². The van der Waals surface area contributed by atoms with Gasteiger partial charge < -0.3 is 5.11 Å². The zero-order valence-electron chi connectivity index (χ0n) is 6.80. The van der Waals surface area contributed by atoms with Crippen molar-refractivity contribution in [1.82, 2.24) is 0 Å². The molecular formula is C9H5ClF2O2. The minimum Gasteiger partial charge on any atom is -0.478 e. The predicted molar refractivity (Wildman–Crippen MR) is 48.0 cm³/mol. The van der Waals surface area contributed by atoms with E-state index in [4.69, 9.17) is 16.7 Å². The summed E-state index contributed by atoms with van der Waals surface area (Å²) in [6, 6.07) is 2.03. The van der Waals surface area contributed by atoms with Crippen molar-refractivity contribution in [1.29, 1.82) is 0 Å². The van der Waals surface area contributed by atoms with Crippen LogP contribution < -0.4 is 0 Å². The van der Waals surface area contributed by atoms with Crippen LogP contribution in [-0.4, -0.2) is 11.1 Å². The summed E-state index contributed by atoms with van der Waals surface area (Å²) in [5, 5.41) is 8.24. The molecule has 0 radical (unpaired) electrons. The number of rotatable bonds is 2. The van der Waals surface area contributed by atoms with E-state index in [1.54, 1.807) is 0 Å². The Hall–Kier alpha value is -1.42. The lowest BCUT2D eigenvalue weighted by Gasteiger charge is -2.00. The highest BCUT2D eigenvalue weighted by Crippen LogP contribution is 2.22. The molecule has 0 bridgehead atoms. The molecule has 1 aromatic rings.